The van der Waals surface area contributed by atoms with Gasteiger partial charge in [0.15, 0.2) is 0 Å². The summed E-state index contributed by atoms with van der Waals surface area (Å²) in [6.45, 7) is 0.182. The summed E-state index contributed by atoms with van der Waals surface area (Å²) < 4.78 is 79.4. The molecule has 31 heavy (non-hydrogen) atoms. The molecule has 168 valence electrons. The maximum absolute atomic E-state index is 13.2. The maximum atomic E-state index is 13.2. The van der Waals surface area contributed by atoms with Gasteiger partial charge in [-0.05, 0) is 42.7 Å². The Hall–Kier alpha value is -2.46. The number of sulfonamides is 1. The van der Waals surface area contributed by atoms with Gasteiger partial charge in [0.1, 0.15) is 5.82 Å². The summed E-state index contributed by atoms with van der Waals surface area (Å²) >= 11 is 0. The molecule has 1 saturated heterocycles. The van der Waals surface area contributed by atoms with Crippen molar-refractivity contribution >= 4 is 15.9 Å². The Labute approximate surface area is 178 Å². The number of rotatable bonds is 5. The van der Waals surface area contributed by atoms with E-state index in [2.05, 4.69) is 0 Å². The van der Waals surface area contributed by atoms with Crippen molar-refractivity contribution < 1.29 is 30.8 Å². The highest BCUT2D eigenvalue weighted by Crippen LogP contribution is 2.36. The van der Waals surface area contributed by atoms with Crippen molar-refractivity contribution in [2.45, 2.75) is 30.5 Å². The number of amides is 1. The van der Waals surface area contributed by atoms with Crippen LogP contribution in [0.25, 0.3) is 0 Å². The number of alkyl halides is 3. The monoisotopic (exact) mass is 458 g/mol. The number of hydrogen-bond donors (Lipinski definition) is 0. The summed E-state index contributed by atoms with van der Waals surface area (Å²) in [5, 5.41) is 0. The molecule has 2 aromatic rings. The minimum atomic E-state index is -4.79. The second kappa shape index (κ2) is 8.96. The molecule has 1 aliphatic heterocycles. The molecule has 0 bridgehead atoms. The molecule has 2 aromatic carbocycles. The molecule has 0 spiro atoms. The number of nitrogens with zero attached hydrogens (tertiary/aromatic N) is 2. The number of piperidine rings is 1. The molecule has 0 aliphatic carbocycles. The standard InChI is InChI=1S/C21H22F4N2O3S/c1-26(14-15-6-8-17(22)9-7-15)20(28)16-10-12-27(13-11-16)31(29,30)19-5-3-2-4-18(19)21(23,24)25/h2-9,16H,10-14H2,1H3. The van der Waals surface area contributed by atoms with Crippen molar-refractivity contribution in [3.8, 4) is 0 Å². The molecule has 1 amide bonds. The smallest absolute Gasteiger partial charge is 0.341 e. The van der Waals surface area contributed by atoms with Crippen molar-refractivity contribution in [2.24, 2.45) is 5.92 Å². The van der Waals surface area contributed by atoms with Gasteiger partial charge in [0.25, 0.3) is 0 Å². The van der Waals surface area contributed by atoms with E-state index in [0.29, 0.717) is 0 Å². The Morgan fingerprint density at radius 3 is 2.23 bits per heavy atom. The molecule has 0 aromatic heterocycles. The largest absolute Gasteiger partial charge is 0.417 e. The molecular weight excluding hydrogens is 436 g/mol. The molecule has 10 heteroatoms. The van der Waals surface area contributed by atoms with Crippen molar-refractivity contribution in [3.63, 3.8) is 0 Å². The van der Waals surface area contributed by atoms with Gasteiger partial charge in [0.05, 0.1) is 10.5 Å². The minimum Gasteiger partial charge on any atom is -0.341 e. The van der Waals surface area contributed by atoms with Crippen LogP contribution in [0.5, 0.6) is 0 Å². The first-order valence-electron chi connectivity index (χ1n) is 9.66. The molecular formula is C21H22F4N2O3S. The van der Waals surface area contributed by atoms with Gasteiger partial charge in [-0.3, -0.25) is 4.79 Å². The lowest BCUT2D eigenvalue weighted by atomic mass is 9.96. The van der Waals surface area contributed by atoms with Gasteiger partial charge >= 0.3 is 6.18 Å². The number of benzene rings is 2. The predicted octanol–water partition coefficient (Wildman–Crippen LogP) is 3.90. The van der Waals surface area contributed by atoms with Crippen LogP contribution in [-0.4, -0.2) is 43.7 Å². The van der Waals surface area contributed by atoms with Gasteiger partial charge in [0.2, 0.25) is 15.9 Å². The first-order chi connectivity index (χ1) is 14.5. The molecule has 0 N–H and O–H groups in total. The zero-order valence-electron chi connectivity index (χ0n) is 16.8. The maximum Gasteiger partial charge on any atom is 0.417 e. The zero-order valence-corrected chi connectivity index (χ0v) is 17.6. The Bertz CT molecular complexity index is 1030. The van der Waals surface area contributed by atoms with E-state index < -0.39 is 32.6 Å². The van der Waals surface area contributed by atoms with Crippen LogP contribution in [0.3, 0.4) is 0 Å². The molecule has 1 heterocycles. The molecule has 0 saturated carbocycles. The predicted molar refractivity (Wildman–Crippen MR) is 106 cm³/mol. The van der Waals surface area contributed by atoms with Crippen LogP contribution >= 0.6 is 0 Å². The topological polar surface area (TPSA) is 57.7 Å². The average molecular weight is 458 g/mol. The third-order valence-electron chi connectivity index (χ3n) is 5.32. The Morgan fingerprint density at radius 1 is 1.06 bits per heavy atom. The summed E-state index contributed by atoms with van der Waals surface area (Å²) in [4.78, 5) is 13.4. The van der Waals surface area contributed by atoms with E-state index in [-0.39, 0.29) is 44.2 Å². The Morgan fingerprint density at radius 2 is 1.65 bits per heavy atom. The first-order valence-corrected chi connectivity index (χ1v) is 11.1. The van der Waals surface area contributed by atoms with Crippen molar-refractivity contribution in [3.05, 3.63) is 65.5 Å². The van der Waals surface area contributed by atoms with Crippen molar-refractivity contribution in [1.82, 2.24) is 9.21 Å². The van der Waals surface area contributed by atoms with Gasteiger partial charge in [-0.1, -0.05) is 24.3 Å². The van der Waals surface area contributed by atoms with E-state index >= 15 is 0 Å². The van der Waals surface area contributed by atoms with Gasteiger partial charge < -0.3 is 4.90 Å². The lowest BCUT2D eigenvalue weighted by Crippen LogP contribution is -2.43. The average Bonchev–Trinajstić information content (AvgIpc) is 2.74. The van der Waals surface area contributed by atoms with Crippen LogP contribution in [0.15, 0.2) is 53.4 Å². The van der Waals surface area contributed by atoms with E-state index in [0.717, 1.165) is 28.1 Å². The SMILES string of the molecule is CN(Cc1ccc(F)cc1)C(=O)C1CCN(S(=O)(=O)c2ccccc2C(F)(F)F)CC1. The second-order valence-corrected chi connectivity index (χ2v) is 9.40. The Balaban J connectivity index is 1.66. The van der Waals surface area contributed by atoms with E-state index in [1.165, 1.54) is 23.1 Å². The van der Waals surface area contributed by atoms with Gasteiger partial charge in [-0.25, -0.2) is 12.8 Å². The van der Waals surface area contributed by atoms with E-state index in [4.69, 9.17) is 0 Å². The summed E-state index contributed by atoms with van der Waals surface area (Å²) in [5.41, 5.74) is -0.451. The summed E-state index contributed by atoms with van der Waals surface area (Å²) in [5.74, 6) is -0.995. The zero-order chi connectivity index (χ0) is 22.8. The molecule has 1 aliphatic rings. The summed E-state index contributed by atoms with van der Waals surface area (Å²) in [6, 6.07) is 9.84. The van der Waals surface area contributed by atoms with Crippen LogP contribution in [-0.2, 0) is 27.5 Å². The van der Waals surface area contributed by atoms with Crippen LogP contribution in [0, 0.1) is 11.7 Å². The highest BCUT2D eigenvalue weighted by Gasteiger charge is 2.40. The van der Waals surface area contributed by atoms with Gasteiger partial charge in [-0.15, -0.1) is 0 Å². The van der Waals surface area contributed by atoms with Crippen LogP contribution in [0.4, 0.5) is 17.6 Å². The number of hydrogen-bond acceptors (Lipinski definition) is 3. The molecule has 3 rings (SSSR count). The Kier molecular flexibility index (Phi) is 6.70. The fourth-order valence-electron chi connectivity index (χ4n) is 3.66. The first kappa shape index (κ1) is 23.2. The van der Waals surface area contributed by atoms with Crippen LogP contribution in [0.2, 0.25) is 0 Å². The highest BCUT2D eigenvalue weighted by atomic mass is 32.2. The number of carbonyl (C=O) groups is 1. The lowest BCUT2D eigenvalue weighted by molar-refractivity contribution is -0.140. The lowest BCUT2D eigenvalue weighted by Gasteiger charge is -2.33. The fourth-order valence-corrected chi connectivity index (χ4v) is 5.34. The molecule has 1 fully saturated rings. The third kappa shape index (κ3) is 5.24. The molecule has 0 unspecified atom stereocenters. The van der Waals surface area contributed by atoms with E-state index in [1.54, 1.807) is 19.2 Å². The summed E-state index contributed by atoms with van der Waals surface area (Å²) in [6.07, 6.45) is -4.37. The minimum absolute atomic E-state index is 0.0463. The van der Waals surface area contributed by atoms with Crippen LogP contribution in [0.1, 0.15) is 24.0 Å². The van der Waals surface area contributed by atoms with Gasteiger partial charge in [-0.2, -0.15) is 17.5 Å². The quantitative estimate of drug-likeness (QED) is 0.639. The highest BCUT2D eigenvalue weighted by molar-refractivity contribution is 7.89. The number of halogens is 4. The van der Waals surface area contributed by atoms with E-state index in [9.17, 15) is 30.8 Å². The molecule has 5 nitrogen and oxygen atoms in total. The molecule has 0 radical (unpaired) electrons. The van der Waals surface area contributed by atoms with E-state index in [1.807, 2.05) is 0 Å². The normalized spacial score (nSPS) is 16.3. The molecule has 0 atom stereocenters. The fraction of sp³-hybridized carbons (Fsp3) is 0.381. The van der Waals surface area contributed by atoms with Gasteiger partial charge in [0, 0.05) is 32.6 Å². The third-order valence-corrected chi connectivity index (χ3v) is 7.28. The van der Waals surface area contributed by atoms with Crippen molar-refractivity contribution in [2.75, 3.05) is 20.1 Å². The van der Waals surface area contributed by atoms with Crippen LogP contribution < -0.4 is 0 Å². The van der Waals surface area contributed by atoms with Crippen molar-refractivity contribution in [1.29, 1.82) is 0 Å². The summed E-state index contributed by atoms with van der Waals surface area (Å²) in [7, 11) is -2.74. The second-order valence-electron chi connectivity index (χ2n) is 7.49. The number of carbonyl (C=O) groups excluding carboxylic acids is 1.